The van der Waals surface area contributed by atoms with Gasteiger partial charge in [-0.2, -0.15) is 0 Å². The number of aliphatic imine (C=N–C) groups is 1. The van der Waals surface area contributed by atoms with Crippen LogP contribution in [-0.4, -0.2) is 24.8 Å². The fraction of sp³-hybridized carbons (Fsp3) is 0.471. The Balaban J connectivity index is 2.38. The second kappa shape index (κ2) is 5.91. The lowest BCUT2D eigenvalue weighted by atomic mass is 9.84. The summed E-state index contributed by atoms with van der Waals surface area (Å²) in [5.74, 6) is -0.991. The monoisotopic (exact) mass is 302 g/mol. The molecule has 2 atom stereocenters. The van der Waals surface area contributed by atoms with Gasteiger partial charge in [0.15, 0.2) is 0 Å². The van der Waals surface area contributed by atoms with Crippen LogP contribution >= 0.6 is 0 Å². The molecule has 0 aromatic heterocycles. The number of nitrogens with zero attached hydrogens (tertiary/aromatic N) is 1. The number of esters is 1. The molecule has 5 nitrogen and oxygen atoms in total. The molecule has 0 radical (unpaired) electrons. The van der Waals surface area contributed by atoms with Crippen LogP contribution in [-0.2, 0) is 14.9 Å². The first-order chi connectivity index (χ1) is 10.2. The van der Waals surface area contributed by atoms with Gasteiger partial charge >= 0.3 is 12.0 Å². The van der Waals surface area contributed by atoms with E-state index in [1.807, 2.05) is 24.3 Å². The molecule has 2 amide bonds. The highest BCUT2D eigenvalue weighted by Crippen LogP contribution is 2.30. The van der Waals surface area contributed by atoms with E-state index in [-0.39, 0.29) is 5.41 Å². The predicted octanol–water partition coefficient (Wildman–Crippen LogP) is 3.00. The zero-order valence-corrected chi connectivity index (χ0v) is 13.6. The van der Waals surface area contributed by atoms with Crippen molar-refractivity contribution in [3.8, 4) is 0 Å². The molecule has 5 heteroatoms. The summed E-state index contributed by atoms with van der Waals surface area (Å²) in [6.45, 7) is 8.09. The molecule has 1 aliphatic rings. The van der Waals surface area contributed by atoms with Gasteiger partial charge in [-0.1, -0.05) is 45.0 Å². The minimum absolute atomic E-state index is 0.0491. The van der Waals surface area contributed by atoms with Crippen LogP contribution in [0.1, 0.15) is 44.9 Å². The molecule has 0 saturated heterocycles. The van der Waals surface area contributed by atoms with Gasteiger partial charge in [0.25, 0.3) is 0 Å². The number of hydrogen-bond acceptors (Lipinski definition) is 3. The van der Waals surface area contributed by atoms with Crippen molar-refractivity contribution in [1.82, 2.24) is 5.32 Å². The minimum atomic E-state index is -0.594. The van der Waals surface area contributed by atoms with E-state index >= 15 is 0 Å². The molecular weight excluding hydrogens is 280 g/mol. The summed E-state index contributed by atoms with van der Waals surface area (Å²) in [4.78, 5) is 27.6. The molecular formula is C17H22N2O3. The molecule has 0 saturated carbocycles. The number of carbonyl (C=O) groups is 2. The Morgan fingerprint density at radius 3 is 2.32 bits per heavy atom. The summed E-state index contributed by atoms with van der Waals surface area (Å²) in [6, 6.07) is 7.06. The van der Waals surface area contributed by atoms with E-state index in [1.165, 1.54) is 12.7 Å². The molecule has 22 heavy (non-hydrogen) atoms. The van der Waals surface area contributed by atoms with Gasteiger partial charge in [-0.25, -0.2) is 9.79 Å². The van der Waals surface area contributed by atoms with Crippen LogP contribution in [0.2, 0.25) is 0 Å². The van der Waals surface area contributed by atoms with Gasteiger partial charge in [0, 0.05) is 5.71 Å². The number of benzene rings is 1. The summed E-state index contributed by atoms with van der Waals surface area (Å²) in [6.07, 6.45) is 0. The van der Waals surface area contributed by atoms with E-state index in [0.29, 0.717) is 5.71 Å². The lowest BCUT2D eigenvalue weighted by Gasteiger charge is -2.30. The first-order valence-corrected chi connectivity index (χ1v) is 7.28. The molecule has 0 spiro atoms. The maximum atomic E-state index is 12.0. The summed E-state index contributed by atoms with van der Waals surface area (Å²) in [7, 11) is 1.34. The van der Waals surface area contributed by atoms with Crippen molar-refractivity contribution in [2.75, 3.05) is 7.11 Å². The summed E-state index contributed by atoms with van der Waals surface area (Å²) < 4.78 is 4.85. The average Bonchev–Trinajstić information content (AvgIpc) is 2.45. The van der Waals surface area contributed by atoms with Crippen molar-refractivity contribution in [2.24, 2.45) is 10.9 Å². The van der Waals surface area contributed by atoms with Crippen molar-refractivity contribution >= 4 is 17.7 Å². The third kappa shape index (κ3) is 3.18. The first-order valence-electron chi connectivity index (χ1n) is 7.28. The number of nitrogens with one attached hydrogen (secondary N) is 1. The van der Waals surface area contributed by atoms with E-state index < -0.39 is 24.0 Å². The lowest BCUT2D eigenvalue weighted by molar-refractivity contribution is -0.143. The molecule has 0 fully saturated rings. The normalized spacial score (nSPS) is 21.9. The van der Waals surface area contributed by atoms with Crippen molar-refractivity contribution < 1.29 is 14.3 Å². The largest absolute Gasteiger partial charge is 0.468 e. The zero-order valence-electron chi connectivity index (χ0n) is 13.6. The second-order valence-electron chi connectivity index (χ2n) is 6.55. The third-order valence-corrected chi connectivity index (χ3v) is 3.93. The van der Waals surface area contributed by atoms with Crippen LogP contribution in [0.25, 0.3) is 0 Å². The number of carbonyl (C=O) groups excluding carboxylic acids is 2. The Morgan fingerprint density at radius 1 is 1.23 bits per heavy atom. The Hall–Kier alpha value is -2.17. The highest BCUT2D eigenvalue weighted by atomic mass is 16.5. The Kier molecular flexibility index (Phi) is 4.35. The van der Waals surface area contributed by atoms with Crippen molar-refractivity contribution in [3.05, 3.63) is 35.4 Å². The fourth-order valence-electron chi connectivity index (χ4n) is 2.62. The molecule has 1 aliphatic heterocycles. The van der Waals surface area contributed by atoms with Gasteiger partial charge < -0.3 is 10.1 Å². The average molecular weight is 302 g/mol. The number of hydrogen-bond donors (Lipinski definition) is 1. The second-order valence-corrected chi connectivity index (χ2v) is 6.55. The van der Waals surface area contributed by atoms with Gasteiger partial charge in [-0.3, -0.25) is 4.79 Å². The van der Waals surface area contributed by atoms with Crippen LogP contribution in [0.4, 0.5) is 4.79 Å². The van der Waals surface area contributed by atoms with Crippen LogP contribution < -0.4 is 5.32 Å². The van der Waals surface area contributed by atoms with Gasteiger partial charge in [-0.05, 0) is 23.5 Å². The summed E-state index contributed by atoms with van der Waals surface area (Å²) in [5, 5.41) is 2.76. The van der Waals surface area contributed by atoms with Gasteiger partial charge in [-0.15, -0.1) is 0 Å². The Morgan fingerprint density at radius 2 is 1.82 bits per heavy atom. The van der Waals surface area contributed by atoms with Crippen LogP contribution in [0.15, 0.2) is 29.3 Å². The third-order valence-electron chi connectivity index (χ3n) is 3.93. The van der Waals surface area contributed by atoms with E-state index in [2.05, 4.69) is 31.1 Å². The van der Waals surface area contributed by atoms with Crippen molar-refractivity contribution in [2.45, 2.75) is 39.2 Å². The molecule has 2 rings (SSSR count). The predicted molar refractivity (Wildman–Crippen MR) is 85.0 cm³/mol. The number of ether oxygens (including phenoxy) is 1. The van der Waals surface area contributed by atoms with Gasteiger partial charge in [0.05, 0.1) is 13.2 Å². The molecule has 118 valence electrons. The fourth-order valence-corrected chi connectivity index (χ4v) is 2.62. The zero-order chi connectivity index (χ0) is 16.5. The molecule has 1 aromatic rings. The molecule has 1 aromatic carbocycles. The number of amides is 2. The van der Waals surface area contributed by atoms with Crippen LogP contribution in [0.3, 0.4) is 0 Å². The maximum absolute atomic E-state index is 12.0. The summed E-state index contributed by atoms with van der Waals surface area (Å²) in [5.41, 5.74) is 2.58. The van der Waals surface area contributed by atoms with Gasteiger partial charge in [0.1, 0.15) is 5.92 Å². The van der Waals surface area contributed by atoms with Crippen LogP contribution in [0.5, 0.6) is 0 Å². The Labute approximate surface area is 130 Å². The highest BCUT2D eigenvalue weighted by molar-refractivity contribution is 6.08. The molecule has 1 heterocycles. The standard InChI is InChI=1S/C17H22N2O3/c1-10-13(15(20)22-5)14(19-16(21)18-10)11-6-8-12(9-7-11)17(2,3)4/h6-9,13-14H,1-5H3,(H,19,21). The number of urea groups is 1. The van der Waals surface area contributed by atoms with Crippen LogP contribution in [0, 0.1) is 5.92 Å². The lowest BCUT2D eigenvalue weighted by Crippen LogP contribution is -2.44. The minimum Gasteiger partial charge on any atom is -0.468 e. The SMILES string of the molecule is COC(=O)C1C(C)=NC(=O)NC1c1ccc(C(C)(C)C)cc1. The molecule has 1 N–H and O–H groups in total. The number of rotatable bonds is 2. The van der Waals surface area contributed by atoms with E-state index in [1.54, 1.807) is 6.92 Å². The van der Waals surface area contributed by atoms with Gasteiger partial charge in [0.2, 0.25) is 0 Å². The number of methoxy groups -OCH3 is 1. The molecule has 0 bridgehead atoms. The van der Waals surface area contributed by atoms with E-state index in [4.69, 9.17) is 4.74 Å². The van der Waals surface area contributed by atoms with Crippen molar-refractivity contribution in [3.63, 3.8) is 0 Å². The maximum Gasteiger partial charge on any atom is 0.341 e. The van der Waals surface area contributed by atoms with E-state index in [9.17, 15) is 9.59 Å². The van der Waals surface area contributed by atoms with E-state index in [0.717, 1.165) is 5.56 Å². The molecule has 2 unspecified atom stereocenters. The first kappa shape index (κ1) is 16.2. The quantitative estimate of drug-likeness (QED) is 0.854. The molecule has 0 aliphatic carbocycles. The highest BCUT2D eigenvalue weighted by Gasteiger charge is 2.37. The van der Waals surface area contributed by atoms with Crippen molar-refractivity contribution in [1.29, 1.82) is 0 Å². The Bertz CT molecular complexity index is 612. The smallest absolute Gasteiger partial charge is 0.341 e. The topological polar surface area (TPSA) is 67.8 Å². The summed E-state index contributed by atoms with van der Waals surface area (Å²) >= 11 is 0.